The highest BCUT2D eigenvalue weighted by Gasteiger charge is 2.19. The van der Waals surface area contributed by atoms with Crippen LogP contribution in [0.3, 0.4) is 0 Å². The first kappa shape index (κ1) is 29.9. The molecule has 38 heavy (non-hydrogen) atoms. The molecule has 0 saturated heterocycles. The molecule has 5 nitrogen and oxygen atoms in total. The molecular weight excluding hydrogens is 492 g/mol. The van der Waals surface area contributed by atoms with Gasteiger partial charge in [0.1, 0.15) is 0 Å². The quantitative estimate of drug-likeness (QED) is 0.197. The van der Waals surface area contributed by atoms with Crippen molar-refractivity contribution < 1.29 is 15.0 Å². The van der Waals surface area contributed by atoms with Crippen LogP contribution >= 0.6 is 11.9 Å². The Morgan fingerprint density at radius 2 is 1.71 bits per heavy atom. The zero-order chi connectivity index (χ0) is 27.5. The number of carboxylic acids is 1. The lowest BCUT2D eigenvalue weighted by molar-refractivity contribution is -0.136. The molecule has 0 saturated carbocycles. The van der Waals surface area contributed by atoms with Gasteiger partial charge < -0.3 is 15.5 Å². The van der Waals surface area contributed by atoms with Crippen LogP contribution in [0.15, 0.2) is 77.7 Å². The standard InChI is InChI=1S/C32H42N2O3S/c1-24-10-5-6-12-26(24)15-9-19-32(2,3)33-22-29(35)23-34(4)38-30-16-8-14-28(21-30)27-13-7-11-25(20-27)17-18-31(36)37/h5-8,10-14,16,20-21,29,33,35H,9,15,17-19,22-23H2,1-4H3,(H,36,37). The zero-order valence-corrected chi connectivity index (χ0v) is 23.9. The summed E-state index contributed by atoms with van der Waals surface area (Å²) in [5, 5.41) is 23.2. The van der Waals surface area contributed by atoms with Crippen LogP contribution in [0, 0.1) is 6.92 Å². The van der Waals surface area contributed by atoms with Gasteiger partial charge in [0.05, 0.1) is 6.10 Å². The lowest BCUT2D eigenvalue weighted by Gasteiger charge is -2.29. The predicted molar refractivity (Wildman–Crippen MR) is 159 cm³/mol. The van der Waals surface area contributed by atoms with E-state index < -0.39 is 12.1 Å². The Morgan fingerprint density at radius 1 is 1.00 bits per heavy atom. The molecule has 3 aromatic rings. The third-order valence-electron chi connectivity index (χ3n) is 6.78. The van der Waals surface area contributed by atoms with Crippen LogP contribution in [0.4, 0.5) is 0 Å². The van der Waals surface area contributed by atoms with Crippen LogP contribution in [0.2, 0.25) is 0 Å². The molecule has 3 aromatic carbocycles. The fourth-order valence-corrected chi connectivity index (χ4v) is 5.49. The molecule has 6 heteroatoms. The van der Waals surface area contributed by atoms with E-state index in [-0.39, 0.29) is 12.0 Å². The summed E-state index contributed by atoms with van der Waals surface area (Å²) in [6, 6.07) is 25.0. The lowest BCUT2D eigenvalue weighted by atomic mass is 9.94. The van der Waals surface area contributed by atoms with E-state index in [9.17, 15) is 9.90 Å². The van der Waals surface area contributed by atoms with E-state index in [2.05, 4.69) is 85.0 Å². The molecule has 0 aliphatic rings. The van der Waals surface area contributed by atoms with Crippen molar-refractivity contribution in [2.24, 2.45) is 0 Å². The molecule has 0 fully saturated rings. The summed E-state index contributed by atoms with van der Waals surface area (Å²) in [5.74, 6) is -0.782. The summed E-state index contributed by atoms with van der Waals surface area (Å²) in [7, 11) is 2.00. The second-order valence-electron chi connectivity index (χ2n) is 10.7. The van der Waals surface area contributed by atoms with Gasteiger partial charge >= 0.3 is 5.97 Å². The van der Waals surface area contributed by atoms with Gasteiger partial charge in [-0.1, -0.05) is 60.7 Å². The topological polar surface area (TPSA) is 72.8 Å². The van der Waals surface area contributed by atoms with Gasteiger partial charge in [0, 0.05) is 29.9 Å². The van der Waals surface area contributed by atoms with Crippen LogP contribution in [0.5, 0.6) is 0 Å². The van der Waals surface area contributed by atoms with Crippen molar-refractivity contribution >= 4 is 17.9 Å². The van der Waals surface area contributed by atoms with Gasteiger partial charge in [-0.15, -0.1) is 0 Å². The van der Waals surface area contributed by atoms with Crippen LogP contribution in [-0.2, 0) is 17.6 Å². The van der Waals surface area contributed by atoms with Gasteiger partial charge in [0.25, 0.3) is 0 Å². The Bertz CT molecular complexity index is 1180. The third kappa shape index (κ3) is 10.3. The van der Waals surface area contributed by atoms with Crippen molar-refractivity contribution in [3.63, 3.8) is 0 Å². The van der Waals surface area contributed by atoms with E-state index in [1.54, 1.807) is 11.9 Å². The number of likely N-dealkylation sites (N-methyl/N-ethyl adjacent to an activating group) is 1. The summed E-state index contributed by atoms with van der Waals surface area (Å²) in [6.45, 7) is 7.68. The molecule has 0 aliphatic heterocycles. The maximum atomic E-state index is 10.9. The Labute approximate surface area is 232 Å². The molecule has 204 valence electrons. The van der Waals surface area contributed by atoms with Crippen molar-refractivity contribution in [1.82, 2.24) is 9.62 Å². The highest BCUT2D eigenvalue weighted by molar-refractivity contribution is 7.97. The molecule has 0 aromatic heterocycles. The number of hydrogen-bond donors (Lipinski definition) is 3. The average Bonchev–Trinajstić information content (AvgIpc) is 2.88. The normalized spacial score (nSPS) is 12.6. The first-order chi connectivity index (χ1) is 18.1. The maximum absolute atomic E-state index is 10.9. The smallest absolute Gasteiger partial charge is 0.303 e. The third-order valence-corrected chi connectivity index (χ3v) is 7.70. The predicted octanol–water partition coefficient (Wildman–Crippen LogP) is 6.37. The van der Waals surface area contributed by atoms with Gasteiger partial charge in [-0.3, -0.25) is 4.79 Å². The fraction of sp³-hybridized carbons (Fsp3) is 0.406. The summed E-state index contributed by atoms with van der Waals surface area (Å²) in [5.41, 5.74) is 5.92. The number of nitrogens with one attached hydrogen (secondary N) is 1. The minimum atomic E-state index is -0.782. The summed E-state index contributed by atoms with van der Waals surface area (Å²) in [4.78, 5) is 12.0. The van der Waals surface area contributed by atoms with Crippen LogP contribution in [-0.4, -0.2) is 52.3 Å². The molecule has 3 N–H and O–H groups in total. The van der Waals surface area contributed by atoms with Gasteiger partial charge in [-0.05, 0) is 105 Å². The fourth-order valence-electron chi connectivity index (χ4n) is 4.56. The summed E-state index contributed by atoms with van der Waals surface area (Å²) >= 11 is 1.61. The molecule has 3 rings (SSSR count). The monoisotopic (exact) mass is 534 g/mol. The number of carbonyl (C=O) groups is 1. The summed E-state index contributed by atoms with van der Waals surface area (Å²) < 4.78 is 2.07. The number of β-amino-alcohol motifs (C(OH)–C–C–N with tert-alkyl or cyclic N) is 1. The number of carboxylic acid groups (broad SMARTS) is 1. The number of aliphatic carboxylic acids is 1. The van der Waals surface area contributed by atoms with Crippen molar-refractivity contribution in [1.29, 1.82) is 0 Å². The van der Waals surface area contributed by atoms with E-state index in [4.69, 9.17) is 5.11 Å². The van der Waals surface area contributed by atoms with E-state index in [1.165, 1.54) is 11.1 Å². The van der Waals surface area contributed by atoms with E-state index >= 15 is 0 Å². The van der Waals surface area contributed by atoms with Crippen molar-refractivity contribution in [3.05, 3.63) is 89.5 Å². The van der Waals surface area contributed by atoms with Crippen molar-refractivity contribution in [3.8, 4) is 11.1 Å². The molecule has 1 unspecified atom stereocenters. The molecule has 0 bridgehead atoms. The highest BCUT2D eigenvalue weighted by Crippen LogP contribution is 2.28. The second kappa shape index (κ2) is 14.5. The lowest BCUT2D eigenvalue weighted by Crippen LogP contribution is -2.45. The summed E-state index contributed by atoms with van der Waals surface area (Å²) in [6.07, 6.45) is 3.41. The molecular formula is C32H42N2O3S. The largest absolute Gasteiger partial charge is 0.481 e. The first-order valence-electron chi connectivity index (χ1n) is 13.4. The molecule has 0 amide bonds. The van der Waals surface area contributed by atoms with Crippen LogP contribution in [0.1, 0.15) is 49.8 Å². The number of aryl methyl sites for hydroxylation is 3. The minimum Gasteiger partial charge on any atom is -0.481 e. The van der Waals surface area contributed by atoms with Gasteiger partial charge in [0.2, 0.25) is 0 Å². The number of hydrogen-bond acceptors (Lipinski definition) is 5. The SMILES string of the molecule is Cc1ccccc1CCCC(C)(C)NCC(O)CN(C)Sc1cccc(-c2cccc(CCC(=O)O)c2)c1. The number of aliphatic hydroxyl groups excluding tert-OH is 1. The Balaban J connectivity index is 1.46. The zero-order valence-electron chi connectivity index (χ0n) is 23.1. The molecule has 0 aliphatic carbocycles. The minimum absolute atomic E-state index is 0.0390. The molecule has 0 radical (unpaired) electrons. The van der Waals surface area contributed by atoms with E-state index in [1.807, 2.05) is 25.2 Å². The van der Waals surface area contributed by atoms with Crippen LogP contribution in [0.25, 0.3) is 11.1 Å². The number of aliphatic hydroxyl groups is 1. The molecule has 0 spiro atoms. The van der Waals surface area contributed by atoms with Gasteiger partial charge in [0.15, 0.2) is 0 Å². The van der Waals surface area contributed by atoms with E-state index in [0.717, 1.165) is 40.8 Å². The Hall–Kier alpha value is -2.64. The van der Waals surface area contributed by atoms with E-state index in [0.29, 0.717) is 19.5 Å². The number of rotatable bonds is 15. The number of benzene rings is 3. The molecule has 1 atom stereocenters. The Kier molecular flexibility index (Phi) is 11.4. The van der Waals surface area contributed by atoms with Crippen molar-refractivity contribution in [2.75, 3.05) is 20.1 Å². The number of nitrogens with zero attached hydrogens (tertiary/aromatic N) is 1. The van der Waals surface area contributed by atoms with Crippen molar-refractivity contribution in [2.45, 2.75) is 69.4 Å². The van der Waals surface area contributed by atoms with Crippen LogP contribution < -0.4 is 5.32 Å². The highest BCUT2D eigenvalue weighted by atomic mass is 32.2. The maximum Gasteiger partial charge on any atom is 0.303 e. The molecule has 0 heterocycles. The van der Waals surface area contributed by atoms with Gasteiger partial charge in [-0.2, -0.15) is 0 Å². The Morgan fingerprint density at radius 3 is 2.45 bits per heavy atom. The average molecular weight is 535 g/mol. The first-order valence-corrected chi connectivity index (χ1v) is 14.2. The van der Waals surface area contributed by atoms with Gasteiger partial charge in [-0.25, -0.2) is 4.31 Å². The second-order valence-corrected chi connectivity index (χ2v) is 12.0.